The Labute approximate surface area is 171 Å². The lowest BCUT2D eigenvalue weighted by molar-refractivity contribution is -0.137. The largest absolute Gasteiger partial charge is 0.497 e. The third kappa shape index (κ3) is 4.28. The standard InChI is InChI=1S/C20H18F3NO5S/c1-28-14-7-8-17(18(11-14)29-2)24(13-9-10-30(26,27)12-13)19(25)15-5-3-4-6-16(15)20(21,22)23/h3-11,13H,12H2,1-2H3/t13-/m0/s1. The molecule has 0 spiro atoms. The summed E-state index contributed by atoms with van der Waals surface area (Å²) < 4.78 is 74.8. The number of carbonyl (C=O) groups excluding carboxylic acids is 1. The minimum Gasteiger partial charge on any atom is -0.497 e. The van der Waals surface area contributed by atoms with E-state index in [0.29, 0.717) is 5.75 Å². The fraction of sp³-hybridized carbons (Fsp3) is 0.250. The molecule has 0 N–H and O–H groups in total. The fourth-order valence-electron chi connectivity index (χ4n) is 3.19. The Morgan fingerprint density at radius 1 is 1.10 bits per heavy atom. The molecule has 1 amide bonds. The van der Waals surface area contributed by atoms with Gasteiger partial charge < -0.3 is 9.47 Å². The summed E-state index contributed by atoms with van der Waals surface area (Å²) in [4.78, 5) is 14.3. The van der Waals surface area contributed by atoms with Gasteiger partial charge in [0.15, 0.2) is 9.84 Å². The Hall–Kier alpha value is -3.01. The van der Waals surface area contributed by atoms with Gasteiger partial charge in [-0.15, -0.1) is 0 Å². The predicted molar refractivity (Wildman–Crippen MR) is 105 cm³/mol. The summed E-state index contributed by atoms with van der Waals surface area (Å²) >= 11 is 0. The number of ether oxygens (including phenoxy) is 2. The van der Waals surface area contributed by atoms with Crippen LogP contribution in [0.1, 0.15) is 15.9 Å². The first-order valence-corrected chi connectivity index (χ1v) is 10.4. The molecule has 0 aliphatic carbocycles. The van der Waals surface area contributed by atoms with Crippen LogP contribution in [0.15, 0.2) is 53.9 Å². The van der Waals surface area contributed by atoms with Gasteiger partial charge in [0.25, 0.3) is 5.91 Å². The normalized spacial score (nSPS) is 17.6. The highest BCUT2D eigenvalue weighted by Gasteiger charge is 2.39. The molecular formula is C20H18F3NO5S. The molecule has 2 aromatic rings. The molecule has 10 heteroatoms. The zero-order chi connectivity index (χ0) is 22.1. The Kier molecular flexibility index (Phi) is 5.80. The van der Waals surface area contributed by atoms with Gasteiger partial charge in [-0.25, -0.2) is 8.42 Å². The van der Waals surface area contributed by atoms with Crippen LogP contribution in [-0.4, -0.2) is 40.3 Å². The molecule has 160 valence electrons. The van der Waals surface area contributed by atoms with Crippen LogP contribution < -0.4 is 14.4 Å². The van der Waals surface area contributed by atoms with Crippen LogP contribution in [0, 0.1) is 0 Å². The smallest absolute Gasteiger partial charge is 0.417 e. The first-order chi connectivity index (χ1) is 14.1. The lowest BCUT2D eigenvalue weighted by Crippen LogP contribution is -2.42. The number of nitrogens with zero attached hydrogens (tertiary/aromatic N) is 1. The quantitative estimate of drug-likeness (QED) is 0.708. The molecule has 0 bridgehead atoms. The molecule has 6 nitrogen and oxygen atoms in total. The van der Waals surface area contributed by atoms with Gasteiger partial charge in [0.05, 0.1) is 42.8 Å². The van der Waals surface area contributed by atoms with E-state index in [1.807, 2.05) is 0 Å². The zero-order valence-electron chi connectivity index (χ0n) is 16.0. The Morgan fingerprint density at radius 3 is 2.37 bits per heavy atom. The SMILES string of the molecule is COc1ccc(N(C(=O)c2ccccc2C(F)(F)F)[C@H]2C=CS(=O)(=O)C2)c(OC)c1. The summed E-state index contributed by atoms with van der Waals surface area (Å²) in [5, 5.41) is 0.948. The number of anilines is 1. The summed E-state index contributed by atoms with van der Waals surface area (Å²) in [6.45, 7) is 0. The molecular weight excluding hydrogens is 423 g/mol. The first kappa shape index (κ1) is 21.7. The Bertz CT molecular complexity index is 1100. The van der Waals surface area contributed by atoms with Gasteiger partial charge in [-0.1, -0.05) is 12.1 Å². The minimum absolute atomic E-state index is 0.118. The van der Waals surface area contributed by atoms with E-state index in [2.05, 4.69) is 0 Å². The fourth-order valence-corrected chi connectivity index (χ4v) is 4.46. The molecule has 0 aromatic heterocycles. The maximum absolute atomic E-state index is 13.5. The van der Waals surface area contributed by atoms with Crippen molar-refractivity contribution < 1.29 is 35.9 Å². The van der Waals surface area contributed by atoms with Gasteiger partial charge in [0.2, 0.25) is 0 Å². The maximum atomic E-state index is 13.5. The molecule has 0 radical (unpaired) electrons. The number of methoxy groups -OCH3 is 2. The van der Waals surface area contributed by atoms with Crippen LogP contribution in [0.4, 0.5) is 18.9 Å². The van der Waals surface area contributed by atoms with E-state index < -0.39 is 44.8 Å². The molecule has 1 aliphatic rings. The molecule has 1 atom stereocenters. The summed E-state index contributed by atoms with van der Waals surface area (Å²) in [7, 11) is -0.852. The van der Waals surface area contributed by atoms with Gasteiger partial charge in [-0.2, -0.15) is 13.2 Å². The van der Waals surface area contributed by atoms with Crippen molar-refractivity contribution in [3.63, 3.8) is 0 Å². The van der Waals surface area contributed by atoms with Gasteiger partial charge in [0, 0.05) is 11.5 Å². The van der Waals surface area contributed by atoms with Crippen molar-refractivity contribution in [2.45, 2.75) is 12.2 Å². The zero-order valence-corrected chi connectivity index (χ0v) is 16.8. The van der Waals surface area contributed by atoms with E-state index in [4.69, 9.17) is 9.47 Å². The van der Waals surface area contributed by atoms with Crippen LogP contribution in [0.2, 0.25) is 0 Å². The first-order valence-electron chi connectivity index (χ1n) is 8.70. The Balaban J connectivity index is 2.18. The van der Waals surface area contributed by atoms with E-state index in [0.717, 1.165) is 22.4 Å². The molecule has 0 saturated carbocycles. The number of alkyl halides is 3. The van der Waals surface area contributed by atoms with Gasteiger partial charge in [-0.3, -0.25) is 9.69 Å². The monoisotopic (exact) mass is 441 g/mol. The molecule has 0 saturated heterocycles. The van der Waals surface area contributed by atoms with Gasteiger partial charge in [-0.05, 0) is 30.3 Å². The van der Waals surface area contributed by atoms with E-state index in [1.54, 1.807) is 0 Å². The molecule has 2 aromatic carbocycles. The van der Waals surface area contributed by atoms with E-state index in [9.17, 15) is 26.4 Å². The summed E-state index contributed by atoms with van der Waals surface area (Å²) in [5.41, 5.74) is -1.59. The number of carbonyl (C=O) groups is 1. The number of halogens is 3. The van der Waals surface area contributed by atoms with Gasteiger partial charge in [0.1, 0.15) is 11.5 Å². The molecule has 0 unspecified atom stereocenters. The lowest BCUT2D eigenvalue weighted by Gasteiger charge is -2.30. The highest BCUT2D eigenvalue weighted by Crippen LogP contribution is 2.38. The molecule has 3 rings (SSSR count). The third-order valence-electron chi connectivity index (χ3n) is 4.57. The van der Waals surface area contributed by atoms with Crippen LogP contribution >= 0.6 is 0 Å². The van der Waals surface area contributed by atoms with E-state index in [1.165, 1.54) is 50.6 Å². The van der Waals surface area contributed by atoms with Crippen molar-refractivity contribution in [2.75, 3.05) is 24.9 Å². The molecule has 1 heterocycles. The molecule has 0 fully saturated rings. The average Bonchev–Trinajstić information content (AvgIpc) is 3.06. The van der Waals surface area contributed by atoms with Crippen LogP contribution in [-0.2, 0) is 16.0 Å². The third-order valence-corrected chi connectivity index (χ3v) is 5.95. The minimum atomic E-state index is -4.76. The van der Waals surface area contributed by atoms with E-state index >= 15 is 0 Å². The summed E-state index contributed by atoms with van der Waals surface area (Å²) in [6.07, 6.45) is -3.49. The van der Waals surface area contributed by atoms with Crippen molar-refractivity contribution in [1.82, 2.24) is 0 Å². The summed E-state index contributed by atoms with van der Waals surface area (Å²) in [5.74, 6) is -0.918. The summed E-state index contributed by atoms with van der Waals surface area (Å²) in [6, 6.07) is 7.74. The van der Waals surface area contributed by atoms with Crippen LogP contribution in [0.25, 0.3) is 0 Å². The second-order valence-electron chi connectivity index (χ2n) is 6.48. The number of sulfone groups is 1. The van der Waals surface area contributed by atoms with E-state index in [-0.39, 0.29) is 11.4 Å². The lowest BCUT2D eigenvalue weighted by atomic mass is 10.0. The number of benzene rings is 2. The van der Waals surface area contributed by atoms with Crippen molar-refractivity contribution in [3.05, 3.63) is 65.1 Å². The second-order valence-corrected chi connectivity index (χ2v) is 8.41. The van der Waals surface area contributed by atoms with Crippen LogP contribution in [0.3, 0.4) is 0 Å². The molecule has 30 heavy (non-hydrogen) atoms. The van der Waals surface area contributed by atoms with Gasteiger partial charge >= 0.3 is 6.18 Å². The second kappa shape index (κ2) is 8.02. The van der Waals surface area contributed by atoms with Crippen molar-refractivity contribution in [3.8, 4) is 11.5 Å². The maximum Gasteiger partial charge on any atom is 0.417 e. The highest BCUT2D eigenvalue weighted by molar-refractivity contribution is 7.94. The van der Waals surface area contributed by atoms with Crippen molar-refractivity contribution in [1.29, 1.82) is 0 Å². The number of amides is 1. The van der Waals surface area contributed by atoms with Crippen molar-refractivity contribution >= 4 is 21.4 Å². The predicted octanol–water partition coefficient (Wildman–Crippen LogP) is 3.68. The molecule has 1 aliphatic heterocycles. The highest BCUT2D eigenvalue weighted by atomic mass is 32.2. The van der Waals surface area contributed by atoms with Crippen LogP contribution in [0.5, 0.6) is 11.5 Å². The average molecular weight is 441 g/mol. The topological polar surface area (TPSA) is 72.9 Å². The Morgan fingerprint density at radius 2 is 1.80 bits per heavy atom. The number of hydrogen-bond acceptors (Lipinski definition) is 5. The number of rotatable bonds is 5. The van der Waals surface area contributed by atoms with Crippen molar-refractivity contribution in [2.24, 2.45) is 0 Å². The number of hydrogen-bond donors (Lipinski definition) is 0.